The minimum absolute atomic E-state index is 0.192. The minimum Gasteiger partial charge on any atom is -0.270 e. The van der Waals surface area contributed by atoms with E-state index in [9.17, 15) is 31.6 Å². The maximum atomic E-state index is 12.3. The molecule has 0 aromatic heterocycles. The van der Waals surface area contributed by atoms with Crippen LogP contribution in [0.5, 0.6) is 0 Å². The van der Waals surface area contributed by atoms with Crippen LogP contribution in [0.2, 0.25) is 0 Å². The summed E-state index contributed by atoms with van der Waals surface area (Å²) in [5, 5.41) is 0. The molecule has 1 heterocycles. The summed E-state index contributed by atoms with van der Waals surface area (Å²) in [7, 11) is -4.72. The molecule has 12 heteroatoms. The molecule has 0 saturated carbocycles. The summed E-state index contributed by atoms with van der Waals surface area (Å²) >= 11 is 0.650. The average molecular weight is 405 g/mol. The Bertz CT molecular complexity index is 838. The Morgan fingerprint density at radius 1 is 1.27 bits per heavy atom. The van der Waals surface area contributed by atoms with E-state index < -0.39 is 45.4 Å². The molecular weight excluding hydrogens is 392 g/mol. The van der Waals surface area contributed by atoms with Gasteiger partial charge >= 0.3 is 5.76 Å². The van der Waals surface area contributed by atoms with Gasteiger partial charge in [-0.05, 0) is 19.1 Å². The molecule has 0 bridgehead atoms. The van der Waals surface area contributed by atoms with Crippen molar-refractivity contribution in [3.05, 3.63) is 35.4 Å². The number of rotatable bonds is 7. The lowest BCUT2D eigenvalue weighted by Gasteiger charge is -2.19. The molecule has 1 N–H and O–H groups in total. The van der Waals surface area contributed by atoms with Gasteiger partial charge in [-0.15, -0.1) is 0 Å². The molecule has 2 rings (SSSR count). The molecule has 0 saturated heterocycles. The van der Waals surface area contributed by atoms with Crippen LogP contribution in [-0.2, 0) is 14.8 Å². The van der Waals surface area contributed by atoms with Gasteiger partial charge in [-0.1, -0.05) is 23.9 Å². The highest BCUT2D eigenvalue weighted by Crippen LogP contribution is 2.24. The van der Waals surface area contributed by atoms with Crippen LogP contribution in [0.1, 0.15) is 27.6 Å². The number of carbonyl (C=O) groups excluding carboxylic acids is 3. The lowest BCUT2D eigenvalue weighted by atomic mass is 10.1. The zero-order valence-corrected chi connectivity index (χ0v) is 14.9. The molecule has 26 heavy (non-hydrogen) atoms. The van der Waals surface area contributed by atoms with Crippen molar-refractivity contribution in [2.45, 2.75) is 18.7 Å². The van der Waals surface area contributed by atoms with E-state index in [1.165, 1.54) is 19.1 Å². The number of halogens is 2. The third-order valence-electron chi connectivity index (χ3n) is 3.40. The molecular formula is C14H13F2N3O5S2. The number of nitrogens with zero attached hydrogens (tertiary/aromatic N) is 2. The number of alkyl halides is 2. The van der Waals surface area contributed by atoms with Gasteiger partial charge in [0.2, 0.25) is 0 Å². The van der Waals surface area contributed by atoms with Crippen LogP contribution in [0.3, 0.4) is 0 Å². The van der Waals surface area contributed by atoms with Crippen LogP contribution in [-0.4, -0.2) is 54.3 Å². The van der Waals surface area contributed by atoms with E-state index >= 15 is 0 Å². The first-order chi connectivity index (χ1) is 12.2. The summed E-state index contributed by atoms with van der Waals surface area (Å²) in [6.07, 6.45) is 0. The second-order valence-corrected chi connectivity index (χ2v) is 7.60. The maximum absolute atomic E-state index is 12.3. The van der Waals surface area contributed by atoms with Crippen LogP contribution < -0.4 is 4.72 Å². The standard InChI is InChI=1S/C14H13F2N3O5S2/c1-8(11(20)17-6-25-7-18-26(23,24)14(15)16)19-12(21)9-4-2-3-5-10(9)13(19)22/h2-6,8,14,18H,7H2,1H3/b17-6-. The number of sulfonamides is 1. The lowest BCUT2D eigenvalue weighted by molar-refractivity contribution is -0.121. The molecule has 1 aliphatic heterocycles. The first-order valence-corrected chi connectivity index (χ1v) is 9.68. The van der Waals surface area contributed by atoms with Crippen molar-refractivity contribution >= 4 is 45.1 Å². The predicted molar refractivity (Wildman–Crippen MR) is 90.4 cm³/mol. The Kier molecular flexibility index (Phi) is 6.21. The molecule has 140 valence electrons. The van der Waals surface area contributed by atoms with Crippen molar-refractivity contribution in [2.24, 2.45) is 4.99 Å². The Balaban J connectivity index is 1.94. The first kappa shape index (κ1) is 20.1. The fourth-order valence-electron chi connectivity index (χ4n) is 2.08. The Morgan fingerprint density at radius 3 is 2.31 bits per heavy atom. The number of hydrogen-bond donors (Lipinski definition) is 1. The van der Waals surface area contributed by atoms with Gasteiger partial charge in [-0.2, -0.15) is 13.5 Å². The normalized spacial score (nSPS) is 15.8. The highest BCUT2D eigenvalue weighted by molar-refractivity contribution is 8.12. The molecule has 1 atom stereocenters. The van der Waals surface area contributed by atoms with Crippen molar-refractivity contribution in [3.8, 4) is 0 Å². The number of nitrogens with one attached hydrogen (secondary N) is 1. The minimum atomic E-state index is -4.72. The monoisotopic (exact) mass is 405 g/mol. The molecule has 1 aliphatic rings. The van der Waals surface area contributed by atoms with Gasteiger partial charge < -0.3 is 0 Å². The highest BCUT2D eigenvalue weighted by atomic mass is 32.2. The number of aliphatic imine (C=N–C) groups is 1. The Hall–Kier alpha value is -2.18. The number of carbonyl (C=O) groups is 3. The third kappa shape index (κ3) is 4.14. The fraction of sp³-hybridized carbons (Fsp3) is 0.286. The highest BCUT2D eigenvalue weighted by Gasteiger charge is 2.40. The Labute approximate surface area is 151 Å². The number of imide groups is 1. The van der Waals surface area contributed by atoms with Gasteiger partial charge in [0.15, 0.2) is 0 Å². The topological polar surface area (TPSA) is 113 Å². The van der Waals surface area contributed by atoms with Crippen molar-refractivity contribution in [2.75, 3.05) is 5.88 Å². The third-order valence-corrected chi connectivity index (χ3v) is 5.17. The number of hydrogen-bond acceptors (Lipinski definition) is 6. The van der Waals surface area contributed by atoms with E-state index in [-0.39, 0.29) is 11.1 Å². The van der Waals surface area contributed by atoms with Gasteiger partial charge in [0, 0.05) is 0 Å². The van der Waals surface area contributed by atoms with E-state index in [0.29, 0.717) is 11.8 Å². The average Bonchev–Trinajstić information content (AvgIpc) is 2.85. The van der Waals surface area contributed by atoms with Gasteiger partial charge in [0.05, 0.1) is 22.6 Å². The van der Waals surface area contributed by atoms with Gasteiger partial charge in [-0.25, -0.2) is 13.4 Å². The van der Waals surface area contributed by atoms with E-state index in [0.717, 1.165) is 10.4 Å². The van der Waals surface area contributed by atoms with Crippen molar-refractivity contribution in [1.29, 1.82) is 0 Å². The molecule has 0 fully saturated rings. The summed E-state index contributed by atoms with van der Waals surface area (Å²) in [5.41, 5.74) is 1.33. The van der Waals surface area contributed by atoms with E-state index in [1.54, 1.807) is 16.9 Å². The molecule has 3 amide bonds. The zero-order valence-electron chi connectivity index (χ0n) is 13.3. The summed E-state index contributed by atoms with van der Waals surface area (Å²) in [6.45, 7) is 1.32. The first-order valence-electron chi connectivity index (χ1n) is 7.08. The van der Waals surface area contributed by atoms with E-state index in [1.807, 2.05) is 0 Å². The fourth-order valence-corrected chi connectivity index (χ4v) is 3.39. The smallest absolute Gasteiger partial charge is 0.270 e. The number of thioether (sulfide) groups is 1. The Morgan fingerprint density at radius 2 is 1.81 bits per heavy atom. The quantitative estimate of drug-likeness (QED) is 0.239. The molecule has 0 radical (unpaired) electrons. The van der Waals surface area contributed by atoms with E-state index in [4.69, 9.17) is 0 Å². The molecule has 1 aromatic carbocycles. The SMILES string of the molecule is CC(C(=O)/N=C\SCNS(=O)(=O)C(F)F)N1C(=O)c2ccccc2C1=O. The summed E-state index contributed by atoms with van der Waals surface area (Å²) < 4.78 is 47.4. The van der Waals surface area contributed by atoms with Crippen molar-refractivity contribution in [1.82, 2.24) is 9.62 Å². The lowest BCUT2D eigenvalue weighted by Crippen LogP contribution is -2.42. The number of amides is 3. The van der Waals surface area contributed by atoms with Gasteiger partial charge in [-0.3, -0.25) is 19.3 Å². The van der Waals surface area contributed by atoms with Crippen LogP contribution >= 0.6 is 11.8 Å². The number of fused-ring (bicyclic) bond motifs is 1. The largest absolute Gasteiger partial charge is 0.350 e. The zero-order chi connectivity index (χ0) is 19.5. The maximum Gasteiger partial charge on any atom is 0.350 e. The number of benzene rings is 1. The van der Waals surface area contributed by atoms with Crippen LogP contribution in [0, 0.1) is 0 Å². The summed E-state index contributed by atoms with van der Waals surface area (Å²) in [6, 6.07) is 4.96. The predicted octanol–water partition coefficient (Wildman–Crippen LogP) is 1.06. The summed E-state index contributed by atoms with van der Waals surface area (Å²) in [4.78, 5) is 40.8. The molecule has 0 aliphatic carbocycles. The van der Waals surface area contributed by atoms with Crippen LogP contribution in [0.25, 0.3) is 0 Å². The van der Waals surface area contributed by atoms with Gasteiger partial charge in [0.25, 0.3) is 27.7 Å². The van der Waals surface area contributed by atoms with Crippen molar-refractivity contribution < 1.29 is 31.6 Å². The van der Waals surface area contributed by atoms with E-state index in [2.05, 4.69) is 4.99 Å². The van der Waals surface area contributed by atoms with Gasteiger partial charge in [0.1, 0.15) is 6.04 Å². The second-order valence-electron chi connectivity index (χ2n) is 5.04. The summed E-state index contributed by atoms with van der Waals surface area (Å²) in [5.74, 6) is -6.05. The molecule has 1 aromatic rings. The van der Waals surface area contributed by atoms with Crippen LogP contribution in [0.15, 0.2) is 29.3 Å². The van der Waals surface area contributed by atoms with Crippen LogP contribution in [0.4, 0.5) is 8.78 Å². The molecule has 8 nitrogen and oxygen atoms in total. The second kappa shape index (κ2) is 8.01. The molecule has 1 unspecified atom stereocenters. The van der Waals surface area contributed by atoms with Crippen molar-refractivity contribution in [3.63, 3.8) is 0 Å². The molecule has 0 spiro atoms.